The molecule has 0 unspecified atom stereocenters. The van der Waals surface area contributed by atoms with E-state index < -0.39 is 0 Å². The van der Waals surface area contributed by atoms with E-state index in [0.29, 0.717) is 15.8 Å². The van der Waals surface area contributed by atoms with E-state index in [9.17, 15) is 4.79 Å². The van der Waals surface area contributed by atoms with Gasteiger partial charge in [-0.2, -0.15) is 0 Å². The van der Waals surface area contributed by atoms with Gasteiger partial charge in [0.2, 0.25) is 0 Å². The van der Waals surface area contributed by atoms with Crippen LogP contribution < -0.4 is 5.43 Å². The first kappa shape index (κ1) is 9.62. The quantitative estimate of drug-likeness (QED) is 0.722. The molecule has 3 aromatic heterocycles. The molecule has 3 rings (SSSR count). The van der Waals surface area contributed by atoms with Crippen molar-refractivity contribution in [3.05, 3.63) is 45.0 Å². The van der Waals surface area contributed by atoms with Crippen LogP contribution in [0.15, 0.2) is 35.3 Å². The minimum absolute atomic E-state index is 0.0535. The minimum Gasteiger partial charge on any atom is -0.290 e. The van der Waals surface area contributed by atoms with Crippen molar-refractivity contribution >= 4 is 28.6 Å². The Kier molecular flexibility index (Phi) is 2.08. The Balaban J connectivity index is 2.22. The number of fused-ring (bicyclic) bond motifs is 1. The van der Waals surface area contributed by atoms with E-state index in [-0.39, 0.29) is 5.43 Å². The fourth-order valence-electron chi connectivity index (χ4n) is 1.46. The summed E-state index contributed by atoms with van der Waals surface area (Å²) in [6.45, 7) is 0. The number of hydrogen-bond donors (Lipinski definition) is 1. The lowest BCUT2D eigenvalue weighted by molar-refractivity contribution is 0.964. The van der Waals surface area contributed by atoms with E-state index in [1.54, 1.807) is 10.7 Å². The van der Waals surface area contributed by atoms with Gasteiger partial charge in [0.25, 0.3) is 0 Å². The van der Waals surface area contributed by atoms with E-state index in [4.69, 9.17) is 11.6 Å². The summed E-state index contributed by atoms with van der Waals surface area (Å²) in [6.07, 6.45) is 1.66. The van der Waals surface area contributed by atoms with Crippen LogP contribution in [-0.4, -0.2) is 14.6 Å². The van der Waals surface area contributed by atoms with Gasteiger partial charge in [-0.05, 0) is 12.1 Å². The van der Waals surface area contributed by atoms with Gasteiger partial charge >= 0.3 is 0 Å². The Labute approximate surface area is 99.1 Å². The Morgan fingerprint density at radius 3 is 3.00 bits per heavy atom. The number of halogens is 1. The maximum absolute atomic E-state index is 11.1. The predicted molar refractivity (Wildman–Crippen MR) is 64.1 cm³/mol. The normalized spacial score (nSPS) is 11.1. The number of aromatic amines is 1. The molecule has 0 spiro atoms. The predicted octanol–water partition coefficient (Wildman–Crippen LogP) is 2.40. The molecule has 0 amide bonds. The van der Waals surface area contributed by atoms with Crippen molar-refractivity contribution in [1.82, 2.24) is 14.6 Å². The van der Waals surface area contributed by atoms with Gasteiger partial charge in [-0.1, -0.05) is 11.6 Å². The maximum atomic E-state index is 11.1. The van der Waals surface area contributed by atoms with Crippen molar-refractivity contribution in [1.29, 1.82) is 0 Å². The Morgan fingerprint density at radius 1 is 1.38 bits per heavy atom. The van der Waals surface area contributed by atoms with Crippen molar-refractivity contribution in [3.8, 4) is 10.7 Å². The number of nitrogens with zero attached hydrogens (tertiary/aromatic N) is 2. The van der Waals surface area contributed by atoms with Gasteiger partial charge in [-0.3, -0.25) is 9.89 Å². The van der Waals surface area contributed by atoms with Crippen LogP contribution >= 0.6 is 22.9 Å². The highest BCUT2D eigenvalue weighted by Crippen LogP contribution is 2.28. The smallest absolute Gasteiger partial charge is 0.183 e. The lowest BCUT2D eigenvalue weighted by atomic mass is 10.4. The summed E-state index contributed by atoms with van der Waals surface area (Å²) in [5.41, 5.74) is 0.550. The first-order valence-electron chi connectivity index (χ1n) is 4.56. The first-order valence-corrected chi connectivity index (χ1v) is 5.76. The third kappa shape index (κ3) is 1.54. The molecular formula is C10H6ClN3OS. The van der Waals surface area contributed by atoms with Crippen LogP contribution in [0.2, 0.25) is 4.34 Å². The highest BCUT2D eigenvalue weighted by atomic mass is 35.5. The van der Waals surface area contributed by atoms with Crippen molar-refractivity contribution in [3.63, 3.8) is 0 Å². The molecule has 6 heteroatoms. The van der Waals surface area contributed by atoms with Crippen LogP contribution in [-0.2, 0) is 0 Å². The Hall–Kier alpha value is -1.59. The molecule has 1 N–H and O–H groups in total. The number of nitrogens with one attached hydrogen (secondary N) is 1. The number of aromatic nitrogens is 3. The third-order valence-corrected chi connectivity index (χ3v) is 3.40. The molecule has 4 nitrogen and oxygen atoms in total. The number of hydrogen-bond acceptors (Lipinski definition) is 3. The molecule has 0 saturated heterocycles. The zero-order chi connectivity index (χ0) is 11.1. The Bertz CT molecular complexity index is 712. The maximum Gasteiger partial charge on any atom is 0.183 e. The zero-order valence-electron chi connectivity index (χ0n) is 7.98. The molecule has 0 bridgehead atoms. The summed E-state index contributed by atoms with van der Waals surface area (Å²) >= 11 is 7.29. The molecule has 0 radical (unpaired) electrons. The average Bonchev–Trinajstić information content (AvgIpc) is 2.83. The highest BCUT2D eigenvalue weighted by molar-refractivity contribution is 7.19. The second-order valence-electron chi connectivity index (χ2n) is 3.27. The zero-order valence-corrected chi connectivity index (χ0v) is 9.55. The van der Waals surface area contributed by atoms with Gasteiger partial charge in [0.05, 0.1) is 9.21 Å². The molecule has 0 atom stereocenters. The Morgan fingerprint density at radius 2 is 2.25 bits per heavy atom. The number of rotatable bonds is 1. The molecule has 0 saturated carbocycles. The summed E-state index contributed by atoms with van der Waals surface area (Å²) in [4.78, 5) is 16.4. The van der Waals surface area contributed by atoms with Gasteiger partial charge in [-0.25, -0.2) is 9.50 Å². The van der Waals surface area contributed by atoms with E-state index in [2.05, 4.69) is 10.1 Å². The van der Waals surface area contributed by atoms with E-state index >= 15 is 0 Å². The summed E-state index contributed by atoms with van der Waals surface area (Å²) in [7, 11) is 0. The molecule has 0 fully saturated rings. The molecule has 0 aromatic carbocycles. The van der Waals surface area contributed by atoms with Crippen LogP contribution in [0, 0.1) is 0 Å². The van der Waals surface area contributed by atoms with Crippen molar-refractivity contribution < 1.29 is 0 Å². The SMILES string of the molecule is O=c1ccn2[nH]c(-c3ccc(Cl)s3)nc2c1. The summed E-state index contributed by atoms with van der Waals surface area (Å²) in [5, 5.41) is 3.07. The molecule has 3 aromatic rings. The van der Waals surface area contributed by atoms with E-state index in [0.717, 1.165) is 4.88 Å². The van der Waals surface area contributed by atoms with Crippen LogP contribution in [0.4, 0.5) is 0 Å². The minimum atomic E-state index is -0.0535. The topological polar surface area (TPSA) is 50.2 Å². The summed E-state index contributed by atoms with van der Waals surface area (Å²) in [5.74, 6) is 0.711. The molecule has 0 aliphatic rings. The first-order chi connectivity index (χ1) is 7.72. The lowest BCUT2D eigenvalue weighted by Gasteiger charge is -1.88. The van der Waals surface area contributed by atoms with Crippen molar-refractivity contribution in [2.75, 3.05) is 0 Å². The van der Waals surface area contributed by atoms with Crippen LogP contribution in [0.25, 0.3) is 16.3 Å². The second kappa shape index (κ2) is 3.47. The molecule has 0 aliphatic heterocycles. The molecule has 16 heavy (non-hydrogen) atoms. The standard InChI is InChI=1S/C10H6ClN3OS/c11-8-2-1-7(16-8)10-12-9-5-6(15)3-4-14(9)13-10/h1-5H,(H,12,13). The van der Waals surface area contributed by atoms with Gasteiger partial charge in [0.1, 0.15) is 0 Å². The van der Waals surface area contributed by atoms with Gasteiger partial charge < -0.3 is 0 Å². The molecular weight excluding hydrogens is 246 g/mol. The van der Waals surface area contributed by atoms with Gasteiger partial charge in [0, 0.05) is 18.3 Å². The second-order valence-corrected chi connectivity index (χ2v) is 4.98. The summed E-state index contributed by atoms with van der Waals surface area (Å²) in [6, 6.07) is 6.67. The van der Waals surface area contributed by atoms with Crippen LogP contribution in [0.5, 0.6) is 0 Å². The molecule has 0 aliphatic carbocycles. The van der Waals surface area contributed by atoms with E-state index in [1.807, 2.05) is 12.1 Å². The number of H-pyrrole nitrogens is 1. The molecule has 3 heterocycles. The lowest BCUT2D eigenvalue weighted by Crippen LogP contribution is -1.98. The fourth-order valence-corrected chi connectivity index (χ4v) is 2.44. The van der Waals surface area contributed by atoms with Gasteiger partial charge in [-0.15, -0.1) is 11.3 Å². The monoisotopic (exact) mass is 251 g/mol. The fraction of sp³-hybridized carbons (Fsp3) is 0. The van der Waals surface area contributed by atoms with Crippen LogP contribution in [0.1, 0.15) is 0 Å². The van der Waals surface area contributed by atoms with Crippen molar-refractivity contribution in [2.24, 2.45) is 0 Å². The summed E-state index contributed by atoms with van der Waals surface area (Å²) < 4.78 is 2.41. The average molecular weight is 252 g/mol. The number of pyridine rings is 1. The highest BCUT2D eigenvalue weighted by Gasteiger charge is 2.06. The van der Waals surface area contributed by atoms with Crippen LogP contribution in [0.3, 0.4) is 0 Å². The van der Waals surface area contributed by atoms with E-state index in [1.165, 1.54) is 23.5 Å². The van der Waals surface area contributed by atoms with Gasteiger partial charge in [0.15, 0.2) is 16.9 Å². The largest absolute Gasteiger partial charge is 0.290 e. The number of thiophene rings is 1. The third-order valence-electron chi connectivity index (χ3n) is 2.17. The molecule has 80 valence electrons. The van der Waals surface area contributed by atoms with Crippen molar-refractivity contribution in [2.45, 2.75) is 0 Å².